The van der Waals surface area contributed by atoms with E-state index in [1.165, 1.54) is 19.1 Å². The molecule has 140 valence electrons. The van der Waals surface area contributed by atoms with Gasteiger partial charge in [-0.3, -0.25) is 25.2 Å². The molecule has 0 spiro atoms. The Labute approximate surface area is 142 Å². The van der Waals surface area contributed by atoms with Crippen molar-refractivity contribution in [1.82, 2.24) is 14.9 Å². The number of alkyl halides is 3. The topological polar surface area (TPSA) is 101 Å². The highest BCUT2D eigenvalue weighted by molar-refractivity contribution is 6.03. The molecule has 25 heavy (non-hydrogen) atoms. The summed E-state index contributed by atoms with van der Waals surface area (Å²) in [6.45, 7) is -0.631. The lowest BCUT2D eigenvalue weighted by molar-refractivity contribution is -0.176. The number of hydrogen-bond donors (Lipinski definition) is 2. The number of amides is 2. The molecule has 0 aromatic heterocycles. The van der Waals surface area contributed by atoms with E-state index >= 15 is 0 Å². The van der Waals surface area contributed by atoms with Crippen molar-refractivity contribution in [3.63, 3.8) is 0 Å². The number of nitrogens with one attached hydrogen (secondary N) is 2. The second kappa shape index (κ2) is 6.62. The average Bonchev–Trinajstić information content (AvgIpc) is 3.32. The molecule has 1 saturated carbocycles. The summed E-state index contributed by atoms with van der Waals surface area (Å²) < 4.78 is 37.8. The monoisotopic (exact) mass is 363 g/mol. The Morgan fingerprint density at radius 2 is 1.92 bits per heavy atom. The van der Waals surface area contributed by atoms with Crippen LogP contribution in [0.1, 0.15) is 19.3 Å². The molecular weight excluding hydrogens is 343 g/mol. The molecule has 2 N–H and O–H groups in total. The zero-order chi connectivity index (χ0) is 19.0. The molecule has 11 heteroatoms. The first kappa shape index (κ1) is 19.2. The van der Waals surface area contributed by atoms with Crippen LogP contribution in [0.4, 0.5) is 13.2 Å². The largest absolute Gasteiger partial charge is 0.449 e. The Morgan fingerprint density at radius 1 is 1.32 bits per heavy atom. The molecule has 0 unspecified atom stereocenters. The van der Waals surface area contributed by atoms with Gasteiger partial charge in [-0.2, -0.15) is 13.2 Å². The van der Waals surface area contributed by atoms with Crippen LogP contribution in [0, 0.1) is 16.2 Å². The minimum absolute atomic E-state index is 0.0376. The predicted molar refractivity (Wildman–Crippen MR) is 80.9 cm³/mol. The van der Waals surface area contributed by atoms with Crippen molar-refractivity contribution < 1.29 is 27.6 Å². The Balaban J connectivity index is 1.96. The van der Waals surface area contributed by atoms with E-state index in [0.717, 1.165) is 5.06 Å². The SMILES string of the molecule is CON(C)C(=O)C1(CC(=O)N2CCN(C(=N)C(F)(F)F)C(=N)C2)CC1. The van der Waals surface area contributed by atoms with E-state index in [1.807, 2.05) is 0 Å². The van der Waals surface area contributed by atoms with Crippen LogP contribution in [0.15, 0.2) is 0 Å². The molecule has 1 saturated heterocycles. The summed E-state index contributed by atoms with van der Waals surface area (Å²) in [5, 5.41) is 15.9. The lowest BCUT2D eigenvalue weighted by atomic mass is 10.00. The molecule has 0 radical (unpaired) electrons. The maximum Gasteiger partial charge on any atom is 0.449 e. The van der Waals surface area contributed by atoms with Crippen molar-refractivity contribution >= 4 is 23.5 Å². The molecule has 2 fully saturated rings. The molecule has 2 rings (SSSR count). The van der Waals surface area contributed by atoms with Gasteiger partial charge in [0.2, 0.25) is 11.7 Å². The number of amidine groups is 2. The zero-order valence-corrected chi connectivity index (χ0v) is 13.9. The number of piperazine rings is 1. The van der Waals surface area contributed by atoms with Gasteiger partial charge in [0.15, 0.2) is 0 Å². The van der Waals surface area contributed by atoms with Crippen LogP contribution < -0.4 is 0 Å². The van der Waals surface area contributed by atoms with Gasteiger partial charge in [0.05, 0.1) is 19.1 Å². The fourth-order valence-corrected chi connectivity index (χ4v) is 2.75. The van der Waals surface area contributed by atoms with Crippen molar-refractivity contribution in [1.29, 1.82) is 10.8 Å². The zero-order valence-electron chi connectivity index (χ0n) is 13.9. The molecule has 0 aromatic carbocycles. The van der Waals surface area contributed by atoms with E-state index in [2.05, 4.69) is 0 Å². The molecule has 0 bridgehead atoms. The average molecular weight is 363 g/mol. The third kappa shape index (κ3) is 3.91. The molecule has 2 aliphatic rings. The first-order chi connectivity index (χ1) is 11.5. The van der Waals surface area contributed by atoms with Crippen LogP contribution >= 0.6 is 0 Å². The summed E-state index contributed by atoms with van der Waals surface area (Å²) in [5.41, 5.74) is -0.820. The first-order valence-electron chi connectivity index (χ1n) is 7.62. The number of halogens is 3. The first-order valence-corrected chi connectivity index (χ1v) is 7.62. The van der Waals surface area contributed by atoms with Crippen LogP contribution in [0.5, 0.6) is 0 Å². The lowest BCUT2D eigenvalue weighted by Crippen LogP contribution is -2.56. The van der Waals surface area contributed by atoms with Crippen molar-refractivity contribution in [3.05, 3.63) is 0 Å². The number of rotatable bonds is 4. The van der Waals surface area contributed by atoms with Crippen molar-refractivity contribution in [2.45, 2.75) is 25.4 Å². The number of hydrogen-bond acceptors (Lipinski definition) is 5. The second-order valence-corrected chi connectivity index (χ2v) is 6.20. The van der Waals surface area contributed by atoms with Gasteiger partial charge in [0, 0.05) is 26.6 Å². The van der Waals surface area contributed by atoms with E-state index in [0.29, 0.717) is 17.7 Å². The van der Waals surface area contributed by atoms with Crippen LogP contribution in [0.3, 0.4) is 0 Å². The maximum absolute atomic E-state index is 12.6. The summed E-state index contributed by atoms with van der Waals surface area (Å²) in [6, 6.07) is 0. The minimum atomic E-state index is -4.84. The summed E-state index contributed by atoms with van der Waals surface area (Å²) in [5.74, 6) is -2.78. The highest BCUT2D eigenvalue weighted by Gasteiger charge is 2.53. The van der Waals surface area contributed by atoms with Crippen molar-refractivity contribution in [2.75, 3.05) is 33.8 Å². The fourth-order valence-electron chi connectivity index (χ4n) is 2.75. The lowest BCUT2D eigenvalue weighted by Gasteiger charge is -2.37. The summed E-state index contributed by atoms with van der Waals surface area (Å²) >= 11 is 0. The molecular formula is C14H20F3N5O3. The van der Waals surface area contributed by atoms with Gasteiger partial charge < -0.3 is 9.80 Å². The molecule has 0 aromatic rings. The molecule has 1 heterocycles. The van der Waals surface area contributed by atoms with Gasteiger partial charge in [-0.15, -0.1) is 0 Å². The number of carbonyl (C=O) groups is 2. The van der Waals surface area contributed by atoms with Gasteiger partial charge in [-0.1, -0.05) is 0 Å². The Bertz CT molecular complexity index is 603. The summed E-state index contributed by atoms with van der Waals surface area (Å²) in [7, 11) is 2.79. The Kier molecular flexibility index (Phi) is 5.07. The fraction of sp³-hybridized carbons (Fsp3) is 0.714. The third-order valence-corrected chi connectivity index (χ3v) is 4.51. The summed E-state index contributed by atoms with van der Waals surface area (Å²) in [6.07, 6.45) is -3.82. The predicted octanol–water partition coefficient (Wildman–Crippen LogP) is 0.838. The van der Waals surface area contributed by atoms with Crippen LogP contribution in [-0.4, -0.2) is 78.3 Å². The van der Waals surface area contributed by atoms with E-state index in [-0.39, 0.29) is 32.0 Å². The Morgan fingerprint density at radius 3 is 2.36 bits per heavy atom. The van der Waals surface area contributed by atoms with Gasteiger partial charge in [-0.05, 0) is 12.8 Å². The summed E-state index contributed by atoms with van der Waals surface area (Å²) in [4.78, 5) is 31.3. The maximum atomic E-state index is 12.6. The highest BCUT2D eigenvalue weighted by atomic mass is 19.4. The van der Waals surface area contributed by atoms with Crippen LogP contribution in [-0.2, 0) is 14.4 Å². The molecule has 0 atom stereocenters. The van der Waals surface area contributed by atoms with E-state index in [1.54, 1.807) is 0 Å². The van der Waals surface area contributed by atoms with E-state index < -0.39 is 29.2 Å². The minimum Gasteiger partial charge on any atom is -0.333 e. The van der Waals surface area contributed by atoms with Gasteiger partial charge in [0.1, 0.15) is 5.84 Å². The standard InChI is InChI=1S/C14H20F3N5O3/c1-20(25-2)12(24)13(3-4-13)7-10(23)21-5-6-22(9(18)8-21)11(19)14(15,16)17/h18-19H,3-8H2,1-2H3. The molecule has 8 nitrogen and oxygen atoms in total. The molecule has 1 aliphatic heterocycles. The quantitative estimate of drug-likeness (QED) is 0.439. The normalized spacial score (nSPS) is 19.6. The number of hydroxylamine groups is 2. The van der Waals surface area contributed by atoms with Gasteiger partial charge >= 0.3 is 6.18 Å². The van der Waals surface area contributed by atoms with Crippen LogP contribution in [0.25, 0.3) is 0 Å². The third-order valence-electron chi connectivity index (χ3n) is 4.51. The highest BCUT2D eigenvalue weighted by Crippen LogP contribution is 2.50. The number of nitrogens with zero attached hydrogens (tertiary/aromatic N) is 3. The molecule has 2 amide bonds. The van der Waals surface area contributed by atoms with Gasteiger partial charge in [-0.25, -0.2) is 5.06 Å². The van der Waals surface area contributed by atoms with Gasteiger partial charge in [0.25, 0.3) is 5.91 Å². The van der Waals surface area contributed by atoms with Crippen molar-refractivity contribution in [3.8, 4) is 0 Å². The Hall–Kier alpha value is -2.17. The van der Waals surface area contributed by atoms with E-state index in [4.69, 9.17) is 15.7 Å². The number of carbonyl (C=O) groups excluding carboxylic acids is 2. The second-order valence-electron chi connectivity index (χ2n) is 6.20. The van der Waals surface area contributed by atoms with Crippen LogP contribution in [0.2, 0.25) is 0 Å². The molecule has 1 aliphatic carbocycles. The van der Waals surface area contributed by atoms with Crippen molar-refractivity contribution in [2.24, 2.45) is 5.41 Å². The smallest absolute Gasteiger partial charge is 0.333 e. The van der Waals surface area contributed by atoms with E-state index in [9.17, 15) is 22.8 Å².